The Balaban J connectivity index is 3.29. The van der Waals surface area contributed by atoms with Gasteiger partial charge in [0.15, 0.2) is 0 Å². The highest BCUT2D eigenvalue weighted by Crippen LogP contribution is 2.18. The summed E-state index contributed by atoms with van der Waals surface area (Å²) >= 11 is 0. The molecule has 1 aromatic heterocycles. The SMILES string of the molecule is CCOC(=O)C(Cc1cnnn1O)(NC(C)=O)C(=O)OCC. The van der Waals surface area contributed by atoms with Crippen molar-refractivity contribution in [1.29, 1.82) is 0 Å². The van der Waals surface area contributed by atoms with E-state index in [1.54, 1.807) is 13.8 Å². The van der Waals surface area contributed by atoms with E-state index < -0.39 is 29.8 Å². The van der Waals surface area contributed by atoms with E-state index >= 15 is 0 Å². The van der Waals surface area contributed by atoms with Crippen LogP contribution in [0.15, 0.2) is 6.20 Å². The lowest BCUT2D eigenvalue weighted by Gasteiger charge is -2.29. The van der Waals surface area contributed by atoms with Crippen LogP contribution in [0.3, 0.4) is 0 Å². The second kappa shape index (κ2) is 7.38. The third kappa shape index (κ3) is 3.71. The maximum Gasteiger partial charge on any atom is 0.344 e. The van der Waals surface area contributed by atoms with Gasteiger partial charge in [0.05, 0.1) is 19.4 Å². The number of carbonyl (C=O) groups excluding carboxylic acids is 3. The Morgan fingerprint density at radius 2 is 1.82 bits per heavy atom. The van der Waals surface area contributed by atoms with Gasteiger partial charge in [-0.15, -0.1) is 5.10 Å². The molecule has 0 atom stereocenters. The van der Waals surface area contributed by atoms with Crippen molar-refractivity contribution in [2.24, 2.45) is 0 Å². The Kier molecular flexibility index (Phi) is 5.84. The van der Waals surface area contributed by atoms with Crippen LogP contribution in [0, 0.1) is 0 Å². The molecule has 0 unspecified atom stereocenters. The normalized spacial score (nSPS) is 10.9. The molecular weight excluding hydrogens is 296 g/mol. The van der Waals surface area contributed by atoms with Crippen molar-refractivity contribution < 1.29 is 29.1 Å². The number of amides is 1. The van der Waals surface area contributed by atoms with Gasteiger partial charge in [0.1, 0.15) is 5.69 Å². The number of nitrogens with zero attached hydrogens (tertiary/aromatic N) is 3. The number of hydrogen-bond donors (Lipinski definition) is 2. The molecule has 1 aromatic rings. The summed E-state index contributed by atoms with van der Waals surface area (Å²) in [6.45, 7) is 4.24. The van der Waals surface area contributed by atoms with Gasteiger partial charge < -0.3 is 20.0 Å². The first-order chi connectivity index (χ1) is 10.4. The van der Waals surface area contributed by atoms with E-state index in [1.165, 1.54) is 0 Å². The molecule has 0 spiro atoms. The van der Waals surface area contributed by atoms with Gasteiger partial charge in [-0.05, 0) is 19.1 Å². The topological polar surface area (TPSA) is 133 Å². The fourth-order valence-electron chi connectivity index (χ4n) is 1.82. The Morgan fingerprint density at radius 1 is 1.27 bits per heavy atom. The van der Waals surface area contributed by atoms with Gasteiger partial charge in [0.25, 0.3) is 0 Å². The number of carbonyl (C=O) groups is 3. The number of nitrogens with one attached hydrogen (secondary N) is 1. The van der Waals surface area contributed by atoms with Crippen LogP contribution in [0.2, 0.25) is 0 Å². The molecule has 22 heavy (non-hydrogen) atoms. The van der Waals surface area contributed by atoms with Crippen molar-refractivity contribution in [2.75, 3.05) is 13.2 Å². The average Bonchev–Trinajstić information content (AvgIpc) is 2.83. The van der Waals surface area contributed by atoms with Crippen molar-refractivity contribution in [2.45, 2.75) is 32.7 Å². The lowest BCUT2D eigenvalue weighted by atomic mass is 9.93. The third-order valence-corrected chi connectivity index (χ3v) is 2.68. The summed E-state index contributed by atoms with van der Waals surface area (Å²) in [7, 11) is 0. The van der Waals surface area contributed by atoms with Gasteiger partial charge in [-0.3, -0.25) is 4.79 Å². The summed E-state index contributed by atoms with van der Waals surface area (Å²) in [5.74, 6) is -2.63. The van der Waals surface area contributed by atoms with Gasteiger partial charge in [-0.2, -0.15) is 0 Å². The van der Waals surface area contributed by atoms with Crippen molar-refractivity contribution in [3.05, 3.63) is 11.9 Å². The van der Waals surface area contributed by atoms with Gasteiger partial charge in [0.2, 0.25) is 11.4 Å². The van der Waals surface area contributed by atoms with Crippen LogP contribution in [0.5, 0.6) is 0 Å². The van der Waals surface area contributed by atoms with E-state index in [0.717, 1.165) is 13.1 Å². The molecule has 0 radical (unpaired) electrons. The fraction of sp³-hybridized carbons (Fsp3) is 0.583. The fourth-order valence-corrected chi connectivity index (χ4v) is 1.82. The van der Waals surface area contributed by atoms with Crippen molar-refractivity contribution in [1.82, 2.24) is 20.5 Å². The predicted molar refractivity (Wildman–Crippen MR) is 70.7 cm³/mol. The van der Waals surface area contributed by atoms with Gasteiger partial charge in [-0.25, -0.2) is 9.59 Å². The maximum atomic E-state index is 12.3. The summed E-state index contributed by atoms with van der Waals surface area (Å²) in [4.78, 5) is 36.4. The number of esters is 2. The smallest absolute Gasteiger partial charge is 0.344 e. The second-order valence-corrected chi connectivity index (χ2v) is 4.32. The maximum absolute atomic E-state index is 12.3. The summed E-state index contributed by atoms with van der Waals surface area (Å²) < 4.78 is 9.76. The van der Waals surface area contributed by atoms with Crippen LogP contribution < -0.4 is 5.32 Å². The van der Waals surface area contributed by atoms with Crippen molar-refractivity contribution >= 4 is 17.8 Å². The Bertz CT molecular complexity index is 538. The molecule has 0 fully saturated rings. The lowest BCUT2D eigenvalue weighted by molar-refractivity contribution is -0.168. The molecule has 0 aliphatic carbocycles. The highest BCUT2D eigenvalue weighted by Gasteiger charge is 2.51. The molecule has 10 heteroatoms. The van der Waals surface area contributed by atoms with E-state index in [0.29, 0.717) is 4.85 Å². The zero-order chi connectivity index (χ0) is 16.8. The molecule has 10 nitrogen and oxygen atoms in total. The Labute approximate surface area is 126 Å². The molecule has 0 saturated heterocycles. The second-order valence-electron chi connectivity index (χ2n) is 4.32. The van der Waals surface area contributed by atoms with Crippen LogP contribution in [-0.2, 0) is 30.3 Å². The van der Waals surface area contributed by atoms with E-state index in [9.17, 15) is 19.6 Å². The van der Waals surface area contributed by atoms with Crippen LogP contribution in [-0.4, -0.2) is 57.0 Å². The summed E-state index contributed by atoms with van der Waals surface area (Å²) in [6, 6.07) is 0. The monoisotopic (exact) mass is 314 g/mol. The predicted octanol–water partition coefficient (Wildman–Crippen LogP) is -0.941. The molecule has 1 heterocycles. The van der Waals surface area contributed by atoms with Crippen molar-refractivity contribution in [3.8, 4) is 0 Å². The number of hydrogen-bond acceptors (Lipinski definition) is 8. The van der Waals surface area contributed by atoms with Crippen LogP contribution in [0.25, 0.3) is 0 Å². The van der Waals surface area contributed by atoms with Crippen LogP contribution >= 0.6 is 0 Å². The van der Waals surface area contributed by atoms with E-state index in [1.807, 2.05) is 0 Å². The molecule has 0 aliphatic heterocycles. The summed E-state index contributed by atoms with van der Waals surface area (Å²) in [5, 5.41) is 18.5. The Hall–Kier alpha value is -2.65. The van der Waals surface area contributed by atoms with Gasteiger partial charge >= 0.3 is 11.9 Å². The van der Waals surface area contributed by atoms with E-state index in [4.69, 9.17) is 9.47 Å². The zero-order valence-corrected chi connectivity index (χ0v) is 12.5. The first kappa shape index (κ1) is 17.4. The first-order valence-electron chi connectivity index (χ1n) is 6.59. The molecule has 0 aliphatic rings. The molecule has 122 valence electrons. The molecule has 2 N–H and O–H groups in total. The summed E-state index contributed by atoms with van der Waals surface area (Å²) in [5.41, 5.74) is -2.10. The van der Waals surface area contributed by atoms with Crippen LogP contribution in [0.4, 0.5) is 0 Å². The van der Waals surface area contributed by atoms with Gasteiger partial charge in [-0.1, -0.05) is 4.85 Å². The zero-order valence-electron chi connectivity index (χ0n) is 12.5. The minimum Gasteiger partial charge on any atom is -0.464 e. The molecule has 0 bridgehead atoms. The van der Waals surface area contributed by atoms with Gasteiger partial charge in [0, 0.05) is 13.3 Å². The highest BCUT2D eigenvalue weighted by atomic mass is 16.6. The molecule has 1 amide bonds. The molecule has 0 saturated carbocycles. The number of ether oxygens (including phenoxy) is 2. The van der Waals surface area contributed by atoms with Crippen molar-refractivity contribution in [3.63, 3.8) is 0 Å². The largest absolute Gasteiger partial charge is 0.464 e. The van der Waals surface area contributed by atoms with E-state index in [-0.39, 0.29) is 18.9 Å². The lowest BCUT2D eigenvalue weighted by Crippen LogP contribution is -2.62. The minimum atomic E-state index is -2.12. The van der Waals surface area contributed by atoms with Crippen LogP contribution in [0.1, 0.15) is 26.5 Å². The quantitative estimate of drug-likeness (QED) is 0.374. The minimum absolute atomic E-state index is 0.00376. The highest BCUT2D eigenvalue weighted by molar-refractivity contribution is 6.08. The first-order valence-corrected chi connectivity index (χ1v) is 6.59. The Morgan fingerprint density at radius 3 is 2.18 bits per heavy atom. The third-order valence-electron chi connectivity index (χ3n) is 2.68. The standard InChI is InChI=1S/C12H18N4O6/c1-4-21-10(18)12(14-8(3)17,11(19)22-5-2)6-9-7-13-15-16(9)20/h7,20H,4-6H2,1-3H3,(H,14,17). The summed E-state index contributed by atoms with van der Waals surface area (Å²) in [6.07, 6.45) is 0.725. The molecular formula is C12H18N4O6. The number of rotatable bonds is 7. The number of aromatic nitrogens is 3. The van der Waals surface area contributed by atoms with E-state index in [2.05, 4.69) is 15.6 Å². The molecule has 0 aromatic carbocycles. The average molecular weight is 314 g/mol. The molecule has 1 rings (SSSR count).